The minimum Gasteiger partial charge on any atom is -0.392 e. The maximum absolute atomic E-state index is 13.3. The molecule has 0 saturated carbocycles. The van der Waals surface area contributed by atoms with Crippen molar-refractivity contribution in [2.45, 2.75) is 31.3 Å². The zero-order valence-electron chi connectivity index (χ0n) is 13.2. The molecule has 0 aliphatic carbocycles. The third-order valence-electron chi connectivity index (χ3n) is 4.08. The lowest BCUT2D eigenvalue weighted by Gasteiger charge is -2.21. The van der Waals surface area contributed by atoms with Gasteiger partial charge in [0.15, 0.2) is 5.82 Å². The second kappa shape index (κ2) is 6.82. The van der Waals surface area contributed by atoms with Crippen LogP contribution in [-0.2, 0) is 17.5 Å². The van der Waals surface area contributed by atoms with E-state index < -0.39 is 29.8 Å². The lowest BCUT2D eigenvalue weighted by atomic mass is 10.1. The average molecular weight is 391 g/mol. The Morgan fingerprint density at radius 2 is 2.15 bits per heavy atom. The number of aliphatic hydroxyl groups is 1. The van der Waals surface area contributed by atoms with Crippen LogP contribution >= 0.6 is 11.6 Å². The number of hydrogen-bond donors (Lipinski definition) is 2. The molecule has 1 amide bonds. The van der Waals surface area contributed by atoms with E-state index in [1.807, 2.05) is 0 Å². The molecule has 1 aromatic heterocycles. The fourth-order valence-electron chi connectivity index (χ4n) is 2.94. The average Bonchev–Trinajstić information content (AvgIpc) is 3.13. The van der Waals surface area contributed by atoms with E-state index in [9.17, 15) is 23.1 Å². The first-order valence-corrected chi connectivity index (χ1v) is 7.90. The van der Waals surface area contributed by atoms with Gasteiger partial charge in [0, 0.05) is 11.6 Å². The molecule has 3 rings (SSSR count). The highest BCUT2D eigenvalue weighted by Crippen LogP contribution is 2.35. The number of carbonyl (C=O) groups is 1. The molecule has 1 fully saturated rings. The van der Waals surface area contributed by atoms with Crippen LogP contribution in [0.15, 0.2) is 18.2 Å². The fourth-order valence-corrected chi connectivity index (χ4v) is 3.12. The van der Waals surface area contributed by atoms with Crippen molar-refractivity contribution in [2.24, 2.45) is 5.73 Å². The summed E-state index contributed by atoms with van der Waals surface area (Å²) in [4.78, 5) is 13.0. The van der Waals surface area contributed by atoms with Gasteiger partial charge in [-0.2, -0.15) is 17.9 Å². The monoisotopic (exact) mass is 390 g/mol. The molecule has 1 aliphatic rings. The highest BCUT2D eigenvalue weighted by Gasteiger charge is 2.37. The summed E-state index contributed by atoms with van der Waals surface area (Å²) in [5.41, 5.74) is 4.02. The van der Waals surface area contributed by atoms with E-state index in [2.05, 4.69) is 15.5 Å². The number of primary amides is 1. The Hall–Kier alpha value is -2.24. The van der Waals surface area contributed by atoms with Crippen molar-refractivity contribution in [3.63, 3.8) is 0 Å². The SMILES string of the molecule is NC(=O)[C@H]1C[C@H](O)CN1Cc1nnnn1-c1ccc(Cl)cc1C(F)(F)F. The molecule has 8 nitrogen and oxygen atoms in total. The van der Waals surface area contributed by atoms with Gasteiger partial charge in [-0.3, -0.25) is 9.69 Å². The number of hydrogen-bond acceptors (Lipinski definition) is 6. The van der Waals surface area contributed by atoms with Gasteiger partial charge in [-0.15, -0.1) is 5.10 Å². The number of amides is 1. The minimum atomic E-state index is -4.66. The molecule has 1 saturated heterocycles. The number of β-amino-alcohol motifs (C(OH)–C–C–N with tert-alkyl or cyclic N) is 1. The summed E-state index contributed by atoms with van der Waals surface area (Å²) in [7, 11) is 0. The Bertz CT molecular complexity index is 827. The molecular weight excluding hydrogens is 377 g/mol. The van der Waals surface area contributed by atoms with Crippen molar-refractivity contribution in [1.82, 2.24) is 25.1 Å². The van der Waals surface area contributed by atoms with E-state index in [0.29, 0.717) is 0 Å². The van der Waals surface area contributed by atoms with Crippen molar-refractivity contribution >= 4 is 17.5 Å². The number of aromatic nitrogens is 4. The van der Waals surface area contributed by atoms with Crippen LogP contribution in [0, 0.1) is 0 Å². The van der Waals surface area contributed by atoms with Crippen molar-refractivity contribution in [3.05, 3.63) is 34.6 Å². The lowest BCUT2D eigenvalue weighted by Crippen LogP contribution is -2.40. The number of aliphatic hydroxyl groups excluding tert-OH is 1. The highest BCUT2D eigenvalue weighted by atomic mass is 35.5. The molecule has 0 unspecified atom stereocenters. The number of likely N-dealkylation sites (tertiary alicyclic amines) is 1. The van der Waals surface area contributed by atoms with Crippen LogP contribution in [0.5, 0.6) is 0 Å². The van der Waals surface area contributed by atoms with Gasteiger partial charge in [0.2, 0.25) is 5.91 Å². The van der Waals surface area contributed by atoms with Crippen LogP contribution in [0.3, 0.4) is 0 Å². The zero-order valence-corrected chi connectivity index (χ0v) is 13.9. The van der Waals surface area contributed by atoms with Gasteiger partial charge < -0.3 is 10.8 Å². The predicted octanol–water partition coefficient (Wildman–Crippen LogP) is 0.755. The molecule has 140 valence electrons. The van der Waals surface area contributed by atoms with E-state index in [1.54, 1.807) is 0 Å². The summed E-state index contributed by atoms with van der Waals surface area (Å²) in [6, 6.07) is 2.50. The fraction of sp³-hybridized carbons (Fsp3) is 0.429. The molecule has 2 atom stereocenters. The van der Waals surface area contributed by atoms with Gasteiger partial charge in [0.1, 0.15) is 0 Å². The molecule has 2 heterocycles. The Balaban J connectivity index is 1.97. The number of rotatable bonds is 4. The van der Waals surface area contributed by atoms with Crippen LogP contribution in [0.25, 0.3) is 5.69 Å². The molecule has 1 aromatic carbocycles. The maximum Gasteiger partial charge on any atom is 0.418 e. The van der Waals surface area contributed by atoms with Crippen LogP contribution in [0.1, 0.15) is 17.8 Å². The van der Waals surface area contributed by atoms with E-state index >= 15 is 0 Å². The Kier molecular flexibility index (Phi) is 4.86. The quantitative estimate of drug-likeness (QED) is 0.797. The summed E-state index contributed by atoms with van der Waals surface area (Å²) >= 11 is 5.68. The topological polar surface area (TPSA) is 110 Å². The largest absolute Gasteiger partial charge is 0.418 e. The number of nitrogens with zero attached hydrogens (tertiary/aromatic N) is 5. The molecule has 0 spiro atoms. The standard InChI is InChI=1S/C14H14ClF3N6O2/c15-7-1-2-10(9(3-7)14(16,17)18)24-12(20-21-22-24)6-23-5-8(25)4-11(23)13(19)26/h1-3,8,11,25H,4-6H2,(H2,19,26)/t8-,11+/m0/s1. The van der Waals surface area contributed by atoms with Crippen molar-refractivity contribution in [3.8, 4) is 5.69 Å². The second-order valence-electron chi connectivity index (χ2n) is 5.90. The third-order valence-corrected chi connectivity index (χ3v) is 4.32. The third kappa shape index (κ3) is 3.64. The predicted molar refractivity (Wildman–Crippen MR) is 83.2 cm³/mol. The molecule has 1 aliphatic heterocycles. The molecule has 3 N–H and O–H groups in total. The van der Waals surface area contributed by atoms with Crippen LogP contribution in [-0.4, -0.2) is 54.8 Å². The molecule has 2 aromatic rings. The van der Waals surface area contributed by atoms with Gasteiger partial charge in [-0.1, -0.05) is 11.6 Å². The van der Waals surface area contributed by atoms with Crippen LogP contribution in [0.2, 0.25) is 5.02 Å². The Morgan fingerprint density at radius 1 is 1.42 bits per heavy atom. The summed E-state index contributed by atoms with van der Waals surface area (Å²) in [6.45, 7) is 0.0742. The number of halogens is 4. The van der Waals surface area contributed by atoms with E-state index in [0.717, 1.165) is 16.8 Å². The molecule has 0 radical (unpaired) electrons. The summed E-state index contributed by atoms with van der Waals surface area (Å²) < 4.78 is 40.9. The summed E-state index contributed by atoms with van der Waals surface area (Å²) in [5, 5.41) is 20.5. The number of carbonyl (C=O) groups excluding carboxylic acids is 1. The van der Waals surface area contributed by atoms with Crippen molar-refractivity contribution in [2.75, 3.05) is 6.54 Å². The maximum atomic E-state index is 13.3. The Morgan fingerprint density at radius 3 is 2.81 bits per heavy atom. The highest BCUT2D eigenvalue weighted by molar-refractivity contribution is 6.30. The first-order chi connectivity index (χ1) is 12.2. The van der Waals surface area contributed by atoms with Gasteiger partial charge in [0.05, 0.1) is 29.9 Å². The second-order valence-corrected chi connectivity index (χ2v) is 6.34. The molecule has 12 heteroatoms. The van der Waals surface area contributed by atoms with E-state index in [-0.39, 0.29) is 36.0 Å². The number of nitrogens with two attached hydrogens (primary N) is 1. The number of alkyl halides is 3. The zero-order chi connectivity index (χ0) is 19.1. The van der Waals surface area contributed by atoms with Gasteiger partial charge >= 0.3 is 6.18 Å². The minimum absolute atomic E-state index is 0.0579. The molecule has 26 heavy (non-hydrogen) atoms. The van der Waals surface area contributed by atoms with Gasteiger partial charge in [-0.25, -0.2) is 0 Å². The summed E-state index contributed by atoms with van der Waals surface area (Å²) in [5.74, 6) is -0.568. The van der Waals surface area contributed by atoms with E-state index in [4.69, 9.17) is 17.3 Å². The van der Waals surface area contributed by atoms with Gasteiger partial charge in [0.25, 0.3) is 0 Å². The van der Waals surface area contributed by atoms with Crippen molar-refractivity contribution < 1.29 is 23.1 Å². The number of benzene rings is 1. The normalized spacial score (nSPS) is 21.3. The first-order valence-electron chi connectivity index (χ1n) is 7.52. The Labute approximate surface area is 150 Å². The van der Waals surface area contributed by atoms with Gasteiger partial charge in [-0.05, 0) is 35.0 Å². The lowest BCUT2D eigenvalue weighted by molar-refractivity contribution is -0.137. The molecule has 0 bridgehead atoms. The molecular formula is C14H14ClF3N6O2. The smallest absolute Gasteiger partial charge is 0.392 e. The van der Waals surface area contributed by atoms with Crippen LogP contribution in [0.4, 0.5) is 13.2 Å². The van der Waals surface area contributed by atoms with Crippen molar-refractivity contribution in [1.29, 1.82) is 0 Å². The summed E-state index contributed by atoms with van der Waals surface area (Å²) in [6.07, 6.45) is -5.28. The van der Waals surface area contributed by atoms with E-state index in [1.165, 1.54) is 11.0 Å². The van der Waals surface area contributed by atoms with Crippen LogP contribution < -0.4 is 5.73 Å². The first kappa shape index (κ1) is 18.5. The number of tetrazole rings is 1.